The smallest absolute Gasteiger partial charge is 0.147 e. The van der Waals surface area contributed by atoms with E-state index in [1.165, 1.54) is 0 Å². The second kappa shape index (κ2) is 7.84. The van der Waals surface area contributed by atoms with Crippen LogP contribution < -0.4 is 10.6 Å². The molecule has 17 heavy (non-hydrogen) atoms. The Morgan fingerprint density at radius 2 is 2.12 bits per heavy atom. The minimum Gasteiger partial charge on any atom is -0.396 e. The summed E-state index contributed by atoms with van der Waals surface area (Å²) in [5.41, 5.74) is 0. The van der Waals surface area contributed by atoms with Gasteiger partial charge in [-0.2, -0.15) is 0 Å². The minimum atomic E-state index is 0.232. The molecule has 1 unspecified atom stereocenters. The number of nitrogens with one attached hydrogen (secondary N) is 2. The standard InChI is InChI=1S/C12H22N4O/c1-3-6-14-11-8-13-9-12(16-11)15-10(2)5-4-7-17/h8-10,17H,3-7H2,1-2H3,(H2,14,15,16). The van der Waals surface area contributed by atoms with Crippen LogP contribution in [0.25, 0.3) is 0 Å². The number of hydrogen-bond donors (Lipinski definition) is 3. The van der Waals surface area contributed by atoms with Crippen molar-refractivity contribution in [3.8, 4) is 0 Å². The van der Waals surface area contributed by atoms with Gasteiger partial charge in [-0.05, 0) is 26.2 Å². The van der Waals surface area contributed by atoms with Crippen LogP contribution in [-0.2, 0) is 0 Å². The molecule has 0 amide bonds. The number of aromatic nitrogens is 2. The van der Waals surface area contributed by atoms with Crippen LogP contribution in [0.5, 0.6) is 0 Å². The monoisotopic (exact) mass is 238 g/mol. The third-order valence-electron chi connectivity index (χ3n) is 2.38. The van der Waals surface area contributed by atoms with Crippen molar-refractivity contribution in [2.75, 3.05) is 23.8 Å². The molecule has 0 radical (unpaired) electrons. The summed E-state index contributed by atoms with van der Waals surface area (Å²) in [5, 5.41) is 15.2. The van der Waals surface area contributed by atoms with E-state index in [-0.39, 0.29) is 12.6 Å². The molecule has 0 bridgehead atoms. The van der Waals surface area contributed by atoms with Crippen molar-refractivity contribution in [3.05, 3.63) is 12.4 Å². The van der Waals surface area contributed by atoms with Crippen molar-refractivity contribution < 1.29 is 5.11 Å². The van der Waals surface area contributed by atoms with Gasteiger partial charge < -0.3 is 15.7 Å². The highest BCUT2D eigenvalue weighted by atomic mass is 16.2. The van der Waals surface area contributed by atoms with E-state index in [1.54, 1.807) is 12.4 Å². The number of rotatable bonds is 8. The maximum atomic E-state index is 8.76. The Bertz CT molecular complexity index is 319. The molecule has 0 aliphatic carbocycles. The van der Waals surface area contributed by atoms with Gasteiger partial charge in [0.05, 0.1) is 12.4 Å². The molecule has 0 spiro atoms. The molecular formula is C12H22N4O. The number of anilines is 2. The van der Waals surface area contributed by atoms with Gasteiger partial charge in [-0.25, -0.2) is 4.98 Å². The molecule has 0 fully saturated rings. The van der Waals surface area contributed by atoms with Crippen molar-refractivity contribution in [1.82, 2.24) is 9.97 Å². The van der Waals surface area contributed by atoms with Gasteiger partial charge in [0, 0.05) is 19.2 Å². The van der Waals surface area contributed by atoms with Crippen molar-refractivity contribution in [1.29, 1.82) is 0 Å². The molecule has 3 N–H and O–H groups in total. The molecular weight excluding hydrogens is 216 g/mol. The van der Waals surface area contributed by atoms with Gasteiger partial charge in [0.15, 0.2) is 0 Å². The second-order valence-electron chi connectivity index (χ2n) is 4.13. The van der Waals surface area contributed by atoms with Crippen molar-refractivity contribution in [3.63, 3.8) is 0 Å². The topological polar surface area (TPSA) is 70.1 Å². The van der Waals surface area contributed by atoms with Gasteiger partial charge in [-0.3, -0.25) is 4.98 Å². The van der Waals surface area contributed by atoms with Gasteiger partial charge in [0.2, 0.25) is 0 Å². The molecule has 0 saturated carbocycles. The first-order valence-corrected chi connectivity index (χ1v) is 6.19. The maximum absolute atomic E-state index is 8.76. The van der Waals surface area contributed by atoms with E-state index in [2.05, 4.69) is 34.4 Å². The Hall–Kier alpha value is -1.36. The van der Waals surface area contributed by atoms with E-state index in [1.807, 2.05) is 0 Å². The Labute approximate surface area is 103 Å². The summed E-state index contributed by atoms with van der Waals surface area (Å²) in [5.74, 6) is 1.57. The van der Waals surface area contributed by atoms with E-state index in [0.717, 1.165) is 37.4 Å². The van der Waals surface area contributed by atoms with Crippen LogP contribution in [0.15, 0.2) is 12.4 Å². The Kier molecular flexibility index (Phi) is 6.32. The molecule has 0 aliphatic rings. The number of nitrogens with zero attached hydrogens (tertiary/aromatic N) is 2. The Morgan fingerprint density at radius 3 is 2.82 bits per heavy atom. The fourth-order valence-corrected chi connectivity index (χ4v) is 1.50. The molecule has 1 aromatic heterocycles. The molecule has 96 valence electrons. The third kappa shape index (κ3) is 5.49. The predicted octanol–water partition coefficient (Wildman–Crippen LogP) is 1.87. The lowest BCUT2D eigenvalue weighted by molar-refractivity contribution is 0.282. The zero-order valence-corrected chi connectivity index (χ0v) is 10.6. The summed E-state index contributed by atoms with van der Waals surface area (Å²) < 4.78 is 0. The highest BCUT2D eigenvalue weighted by Crippen LogP contribution is 2.09. The lowest BCUT2D eigenvalue weighted by atomic mass is 10.2. The molecule has 1 heterocycles. The lowest BCUT2D eigenvalue weighted by Crippen LogP contribution is -2.17. The van der Waals surface area contributed by atoms with Gasteiger partial charge in [0.1, 0.15) is 11.6 Å². The molecule has 5 heteroatoms. The highest BCUT2D eigenvalue weighted by molar-refractivity contribution is 5.41. The largest absolute Gasteiger partial charge is 0.396 e. The van der Waals surface area contributed by atoms with E-state index >= 15 is 0 Å². The number of aliphatic hydroxyl groups excluding tert-OH is 1. The van der Waals surface area contributed by atoms with E-state index in [9.17, 15) is 0 Å². The summed E-state index contributed by atoms with van der Waals surface area (Å²) in [6.07, 6.45) is 6.22. The molecule has 0 aromatic carbocycles. The summed E-state index contributed by atoms with van der Waals surface area (Å²) >= 11 is 0. The SMILES string of the molecule is CCCNc1cncc(NC(C)CCCO)n1. The molecule has 1 aromatic rings. The lowest BCUT2D eigenvalue weighted by Gasteiger charge is -2.14. The van der Waals surface area contributed by atoms with Crippen LogP contribution >= 0.6 is 0 Å². The fraction of sp³-hybridized carbons (Fsp3) is 0.667. The minimum absolute atomic E-state index is 0.232. The zero-order valence-electron chi connectivity index (χ0n) is 10.6. The summed E-state index contributed by atoms with van der Waals surface area (Å²) in [7, 11) is 0. The molecule has 0 saturated heterocycles. The normalized spacial score (nSPS) is 12.2. The van der Waals surface area contributed by atoms with Crippen LogP contribution in [0.1, 0.15) is 33.1 Å². The van der Waals surface area contributed by atoms with Gasteiger partial charge >= 0.3 is 0 Å². The zero-order chi connectivity index (χ0) is 12.5. The number of aliphatic hydroxyl groups is 1. The van der Waals surface area contributed by atoms with Crippen LogP contribution in [0, 0.1) is 0 Å². The third-order valence-corrected chi connectivity index (χ3v) is 2.38. The summed E-state index contributed by atoms with van der Waals surface area (Å²) in [4.78, 5) is 8.55. The van der Waals surface area contributed by atoms with Crippen LogP contribution in [0.3, 0.4) is 0 Å². The van der Waals surface area contributed by atoms with Crippen molar-refractivity contribution in [2.24, 2.45) is 0 Å². The average molecular weight is 238 g/mol. The fourth-order valence-electron chi connectivity index (χ4n) is 1.50. The highest BCUT2D eigenvalue weighted by Gasteiger charge is 2.03. The van der Waals surface area contributed by atoms with E-state index in [4.69, 9.17) is 5.11 Å². The molecule has 1 atom stereocenters. The average Bonchev–Trinajstić information content (AvgIpc) is 2.34. The van der Waals surface area contributed by atoms with Gasteiger partial charge in [0.25, 0.3) is 0 Å². The quantitative estimate of drug-likeness (QED) is 0.645. The summed E-state index contributed by atoms with van der Waals surface area (Å²) in [6.45, 7) is 5.32. The molecule has 1 rings (SSSR count). The Morgan fingerprint density at radius 1 is 1.35 bits per heavy atom. The molecule has 0 aliphatic heterocycles. The Balaban J connectivity index is 2.47. The van der Waals surface area contributed by atoms with Crippen molar-refractivity contribution in [2.45, 2.75) is 39.2 Å². The summed E-state index contributed by atoms with van der Waals surface area (Å²) in [6, 6.07) is 0.290. The van der Waals surface area contributed by atoms with Crippen LogP contribution in [0.2, 0.25) is 0 Å². The van der Waals surface area contributed by atoms with Gasteiger partial charge in [-0.1, -0.05) is 6.92 Å². The first-order valence-electron chi connectivity index (χ1n) is 6.19. The molecule has 5 nitrogen and oxygen atoms in total. The first-order chi connectivity index (χ1) is 8.26. The van der Waals surface area contributed by atoms with Crippen LogP contribution in [-0.4, -0.2) is 34.3 Å². The van der Waals surface area contributed by atoms with Crippen molar-refractivity contribution >= 4 is 11.6 Å². The first kappa shape index (κ1) is 13.7. The maximum Gasteiger partial charge on any atom is 0.147 e. The van der Waals surface area contributed by atoms with Crippen LogP contribution in [0.4, 0.5) is 11.6 Å². The predicted molar refractivity (Wildman–Crippen MR) is 70.2 cm³/mol. The van der Waals surface area contributed by atoms with E-state index < -0.39 is 0 Å². The van der Waals surface area contributed by atoms with E-state index in [0.29, 0.717) is 0 Å². The van der Waals surface area contributed by atoms with Gasteiger partial charge in [-0.15, -0.1) is 0 Å². The second-order valence-corrected chi connectivity index (χ2v) is 4.13. The number of hydrogen-bond acceptors (Lipinski definition) is 5.